The lowest BCUT2D eigenvalue weighted by Crippen LogP contribution is -2.32. The van der Waals surface area contributed by atoms with Crippen LogP contribution in [-0.4, -0.2) is 50.2 Å². The fourth-order valence-corrected chi connectivity index (χ4v) is 3.18. The number of alkyl carbamates (subject to hydrolysis) is 1. The second kappa shape index (κ2) is 22.9. The monoisotopic (exact) mass is 721 g/mol. The number of aromatic nitrogens is 3. The fourth-order valence-electron chi connectivity index (χ4n) is 3.18. The second-order valence-electron chi connectivity index (χ2n) is 13.5. The molecule has 3 aromatic heterocycles. The summed E-state index contributed by atoms with van der Waals surface area (Å²) >= 11 is 0. The van der Waals surface area contributed by atoms with E-state index in [4.69, 9.17) is 41.9 Å². The predicted molar refractivity (Wildman–Crippen MR) is 192 cm³/mol. The molecule has 52 heavy (non-hydrogen) atoms. The number of nitrogens with zero attached hydrogens (tertiary/aromatic N) is 5. The molecule has 282 valence electrons. The van der Waals surface area contributed by atoms with Crippen molar-refractivity contribution in [2.75, 3.05) is 0 Å². The maximum atomic E-state index is 11.4. The number of carbonyl (C=O) groups excluding carboxylic acids is 3. The zero-order valence-corrected chi connectivity index (χ0v) is 31.4. The second-order valence-corrected chi connectivity index (χ2v) is 13.5. The van der Waals surface area contributed by atoms with E-state index >= 15 is 0 Å². The van der Waals surface area contributed by atoms with E-state index in [-0.39, 0.29) is 5.69 Å². The van der Waals surface area contributed by atoms with Gasteiger partial charge >= 0.3 is 18.4 Å². The first kappa shape index (κ1) is 46.3. The number of amides is 1. The van der Waals surface area contributed by atoms with Gasteiger partial charge in [0.25, 0.3) is 0 Å². The summed E-state index contributed by atoms with van der Waals surface area (Å²) in [7, 11) is 0. The Morgan fingerprint density at radius 3 is 1.54 bits per heavy atom. The number of hydrogen-bond donors (Lipinski definition) is 4. The van der Waals surface area contributed by atoms with Crippen LogP contribution in [0.25, 0.3) is 0 Å². The highest BCUT2D eigenvalue weighted by atomic mass is 16.8. The summed E-state index contributed by atoms with van der Waals surface area (Å²) in [5, 5.41) is 19.4. The SMILES string of the molecule is CC(C)(C)OC(=O)NCc1ccnc(CN)c1.CC(C)(C)OC(=O)OC(=O)OC(C)(C)C.N#Cc1ccnc(C#N)c1.NCc1ccnc(CN)c1. The van der Waals surface area contributed by atoms with Crippen LogP contribution in [0.1, 0.15) is 96.1 Å². The Bertz CT molecular complexity index is 1580. The van der Waals surface area contributed by atoms with Gasteiger partial charge in [-0.25, -0.2) is 19.4 Å². The van der Waals surface area contributed by atoms with Crippen LogP contribution < -0.4 is 22.5 Å². The molecule has 0 aliphatic carbocycles. The lowest BCUT2D eigenvalue weighted by molar-refractivity contribution is -0.0294. The highest BCUT2D eigenvalue weighted by molar-refractivity contribution is 5.77. The minimum absolute atomic E-state index is 0.277. The summed E-state index contributed by atoms with van der Waals surface area (Å²) in [6.45, 7) is 17.3. The van der Waals surface area contributed by atoms with Crippen molar-refractivity contribution in [1.29, 1.82) is 10.5 Å². The molecule has 0 aliphatic rings. The smallest absolute Gasteiger partial charge is 0.444 e. The van der Waals surface area contributed by atoms with Crippen LogP contribution in [0.2, 0.25) is 0 Å². The molecule has 0 aliphatic heterocycles. The Kier molecular flexibility index (Phi) is 20.4. The van der Waals surface area contributed by atoms with Crippen molar-refractivity contribution in [2.24, 2.45) is 17.2 Å². The highest BCUT2D eigenvalue weighted by Gasteiger charge is 2.24. The van der Waals surface area contributed by atoms with E-state index in [1.807, 2.05) is 57.2 Å². The maximum absolute atomic E-state index is 11.4. The molecule has 16 heteroatoms. The van der Waals surface area contributed by atoms with E-state index in [0.29, 0.717) is 31.7 Å². The molecule has 0 fully saturated rings. The summed E-state index contributed by atoms with van der Waals surface area (Å²) in [4.78, 5) is 45.2. The lowest BCUT2D eigenvalue weighted by atomic mass is 10.2. The molecule has 7 N–H and O–H groups in total. The number of nitriles is 2. The molecule has 16 nitrogen and oxygen atoms in total. The van der Waals surface area contributed by atoms with Gasteiger partial charge in [0.1, 0.15) is 28.6 Å². The molecule has 0 bridgehead atoms. The number of ether oxygens (including phenoxy) is 4. The van der Waals surface area contributed by atoms with Gasteiger partial charge in [-0.15, -0.1) is 0 Å². The van der Waals surface area contributed by atoms with E-state index in [0.717, 1.165) is 22.5 Å². The Hall–Kier alpha value is -5.68. The van der Waals surface area contributed by atoms with Crippen molar-refractivity contribution < 1.29 is 33.3 Å². The average Bonchev–Trinajstić information content (AvgIpc) is 3.05. The number of nitrogens with one attached hydrogen (secondary N) is 1. The van der Waals surface area contributed by atoms with Crippen LogP contribution in [0, 0.1) is 22.7 Å². The predicted octanol–water partition coefficient (Wildman–Crippen LogP) is 5.26. The van der Waals surface area contributed by atoms with Crippen LogP contribution >= 0.6 is 0 Å². The molecule has 3 heterocycles. The lowest BCUT2D eigenvalue weighted by Gasteiger charge is -2.20. The van der Waals surface area contributed by atoms with Gasteiger partial charge in [-0.2, -0.15) is 10.5 Å². The zero-order chi connectivity index (χ0) is 40.0. The summed E-state index contributed by atoms with van der Waals surface area (Å²) in [6, 6.07) is 14.2. The summed E-state index contributed by atoms with van der Waals surface area (Å²) in [5.74, 6) is 0. The van der Waals surface area contributed by atoms with Crippen molar-refractivity contribution >= 4 is 18.4 Å². The summed E-state index contributed by atoms with van der Waals surface area (Å²) < 4.78 is 18.9. The van der Waals surface area contributed by atoms with Gasteiger partial charge in [0.05, 0.1) is 23.0 Å². The number of nitrogens with two attached hydrogens (primary N) is 3. The third-order valence-corrected chi connectivity index (χ3v) is 5.20. The molecule has 3 aromatic rings. The first-order valence-electron chi connectivity index (χ1n) is 16.0. The zero-order valence-electron chi connectivity index (χ0n) is 31.4. The minimum Gasteiger partial charge on any atom is -0.444 e. The first-order chi connectivity index (χ1) is 24.1. The average molecular weight is 722 g/mol. The summed E-state index contributed by atoms with van der Waals surface area (Å²) in [6.07, 6.45) is 2.30. The van der Waals surface area contributed by atoms with Gasteiger partial charge in [-0.3, -0.25) is 9.97 Å². The number of hydrogen-bond acceptors (Lipinski definition) is 15. The Labute approximate surface area is 305 Å². The quantitative estimate of drug-likeness (QED) is 0.149. The third-order valence-electron chi connectivity index (χ3n) is 5.20. The summed E-state index contributed by atoms with van der Waals surface area (Å²) in [5.41, 5.74) is 18.8. The Balaban J connectivity index is 0.000000684. The first-order valence-corrected chi connectivity index (χ1v) is 16.0. The van der Waals surface area contributed by atoms with Crippen molar-refractivity contribution in [3.05, 3.63) is 88.8 Å². The van der Waals surface area contributed by atoms with E-state index in [1.54, 1.807) is 60.0 Å². The molecular formula is C36H51N9O7. The van der Waals surface area contributed by atoms with Crippen LogP contribution in [0.3, 0.4) is 0 Å². The van der Waals surface area contributed by atoms with Crippen molar-refractivity contribution in [3.8, 4) is 12.1 Å². The van der Waals surface area contributed by atoms with Gasteiger partial charge in [0, 0.05) is 44.8 Å². The van der Waals surface area contributed by atoms with Crippen LogP contribution in [-0.2, 0) is 45.1 Å². The van der Waals surface area contributed by atoms with Crippen LogP contribution in [0.4, 0.5) is 14.4 Å². The fraction of sp³-hybridized carbons (Fsp3) is 0.444. The number of rotatable bonds is 5. The molecular weight excluding hydrogens is 670 g/mol. The molecule has 0 saturated heterocycles. The molecule has 0 aromatic carbocycles. The van der Waals surface area contributed by atoms with E-state index in [2.05, 4.69) is 25.0 Å². The largest absolute Gasteiger partial charge is 0.519 e. The van der Waals surface area contributed by atoms with E-state index in [1.165, 1.54) is 12.3 Å². The Morgan fingerprint density at radius 2 is 1.12 bits per heavy atom. The highest BCUT2D eigenvalue weighted by Crippen LogP contribution is 2.12. The Morgan fingerprint density at radius 1 is 0.654 bits per heavy atom. The van der Waals surface area contributed by atoms with Crippen molar-refractivity contribution in [2.45, 2.75) is 105 Å². The minimum atomic E-state index is -1.06. The van der Waals surface area contributed by atoms with Crippen LogP contribution in [0.5, 0.6) is 0 Å². The molecule has 3 rings (SSSR count). The maximum Gasteiger partial charge on any atom is 0.519 e. The van der Waals surface area contributed by atoms with Gasteiger partial charge < -0.3 is 41.5 Å². The number of carbonyl (C=O) groups is 3. The van der Waals surface area contributed by atoms with Gasteiger partial charge in [0.2, 0.25) is 0 Å². The van der Waals surface area contributed by atoms with Crippen LogP contribution in [0.15, 0.2) is 55.0 Å². The molecule has 0 spiro atoms. The van der Waals surface area contributed by atoms with Crippen molar-refractivity contribution in [1.82, 2.24) is 20.3 Å². The molecule has 0 saturated carbocycles. The van der Waals surface area contributed by atoms with Gasteiger partial charge in [0.15, 0.2) is 0 Å². The topological polar surface area (TPSA) is 264 Å². The normalized spacial score (nSPS) is 10.4. The molecule has 1 amide bonds. The molecule has 0 unspecified atom stereocenters. The standard InChI is InChI=1S/C12H19N3O2.C10H18O5.C7H11N3.C7H3N3/c1-12(2,3)17-11(16)15-8-9-4-5-14-10(6-9)7-13;1-9(2,3)14-7(11)13-8(12)15-10(4,5)6;2*8-4-6-1-2-10-7(3-6)5-9/h4-6H,7-8,13H2,1-3H3,(H,15,16);1-6H3;1-3H,4-5,8-9H2;1-3H. The third kappa shape index (κ3) is 24.5. The number of pyridine rings is 3. The van der Waals surface area contributed by atoms with Gasteiger partial charge in [-0.05, 0) is 110 Å². The van der Waals surface area contributed by atoms with Crippen molar-refractivity contribution in [3.63, 3.8) is 0 Å². The van der Waals surface area contributed by atoms with E-state index < -0.39 is 35.2 Å². The van der Waals surface area contributed by atoms with E-state index in [9.17, 15) is 14.4 Å². The molecule has 0 atom stereocenters. The van der Waals surface area contributed by atoms with Gasteiger partial charge in [-0.1, -0.05) is 0 Å². The molecule has 0 radical (unpaired) electrons.